The van der Waals surface area contributed by atoms with Gasteiger partial charge < -0.3 is 11.1 Å². The summed E-state index contributed by atoms with van der Waals surface area (Å²) in [5.74, 6) is 0. The molecule has 1 rings (SSSR count). The Bertz CT molecular complexity index is 137. The van der Waals surface area contributed by atoms with Crippen LogP contribution in [0.4, 0.5) is 5.13 Å². The number of nitrogens with zero attached hydrogens (tertiary/aromatic N) is 1. The van der Waals surface area contributed by atoms with Crippen LogP contribution in [0.15, 0.2) is 11.6 Å². The van der Waals surface area contributed by atoms with Crippen LogP contribution < -0.4 is 11.1 Å². The standard InChI is InChI=1S/C4H7N3S/c5-3-7-4-6-1-2-8-4/h1-2H,3,5H2,(H,6,7). The average molecular weight is 129 g/mol. The summed E-state index contributed by atoms with van der Waals surface area (Å²) in [6, 6.07) is 0. The van der Waals surface area contributed by atoms with E-state index in [2.05, 4.69) is 10.3 Å². The second kappa shape index (κ2) is 2.64. The van der Waals surface area contributed by atoms with E-state index in [9.17, 15) is 0 Å². The van der Waals surface area contributed by atoms with Crippen molar-refractivity contribution in [1.29, 1.82) is 0 Å². The second-order valence-electron chi connectivity index (χ2n) is 1.22. The van der Waals surface area contributed by atoms with E-state index < -0.39 is 0 Å². The van der Waals surface area contributed by atoms with Gasteiger partial charge in [0.05, 0.1) is 6.67 Å². The molecule has 0 aliphatic rings. The first kappa shape index (κ1) is 5.53. The van der Waals surface area contributed by atoms with Gasteiger partial charge >= 0.3 is 0 Å². The molecule has 0 aromatic carbocycles. The van der Waals surface area contributed by atoms with E-state index in [4.69, 9.17) is 5.73 Å². The normalized spacial score (nSPS) is 9.12. The first-order valence-corrected chi connectivity index (χ1v) is 3.15. The lowest BCUT2D eigenvalue weighted by Crippen LogP contribution is -2.09. The van der Waals surface area contributed by atoms with Crippen molar-refractivity contribution < 1.29 is 0 Å². The molecule has 0 aliphatic carbocycles. The molecule has 1 heterocycles. The van der Waals surface area contributed by atoms with Crippen molar-refractivity contribution in [3.05, 3.63) is 11.6 Å². The smallest absolute Gasteiger partial charge is 0.183 e. The maximum absolute atomic E-state index is 5.18. The topological polar surface area (TPSA) is 50.9 Å². The summed E-state index contributed by atoms with van der Waals surface area (Å²) in [6.07, 6.45) is 1.74. The molecule has 0 bridgehead atoms. The second-order valence-corrected chi connectivity index (χ2v) is 2.11. The van der Waals surface area contributed by atoms with Crippen LogP contribution in [0.5, 0.6) is 0 Å². The first-order chi connectivity index (χ1) is 3.93. The molecule has 44 valence electrons. The monoisotopic (exact) mass is 129 g/mol. The van der Waals surface area contributed by atoms with Crippen LogP contribution in [0, 0.1) is 0 Å². The third-order valence-corrected chi connectivity index (χ3v) is 1.42. The van der Waals surface area contributed by atoms with Crippen LogP contribution >= 0.6 is 11.3 Å². The Kier molecular flexibility index (Phi) is 1.82. The summed E-state index contributed by atoms with van der Waals surface area (Å²) in [5.41, 5.74) is 5.18. The molecule has 3 nitrogen and oxygen atoms in total. The molecule has 0 spiro atoms. The Morgan fingerprint density at radius 2 is 2.75 bits per heavy atom. The number of hydrogen-bond acceptors (Lipinski definition) is 4. The highest BCUT2D eigenvalue weighted by atomic mass is 32.1. The minimum Gasteiger partial charge on any atom is -0.349 e. The lowest BCUT2D eigenvalue weighted by molar-refractivity contribution is 1.13. The molecule has 0 radical (unpaired) electrons. The van der Waals surface area contributed by atoms with Gasteiger partial charge in [0.15, 0.2) is 5.13 Å². The molecule has 0 unspecified atom stereocenters. The minimum absolute atomic E-state index is 0.452. The Morgan fingerprint density at radius 1 is 1.88 bits per heavy atom. The molecule has 0 saturated carbocycles. The summed E-state index contributed by atoms with van der Waals surface area (Å²) in [4.78, 5) is 3.93. The summed E-state index contributed by atoms with van der Waals surface area (Å²) < 4.78 is 0. The molecule has 0 fully saturated rings. The van der Waals surface area contributed by atoms with Gasteiger partial charge in [-0.3, -0.25) is 0 Å². The van der Waals surface area contributed by atoms with Gasteiger partial charge in [-0.2, -0.15) is 0 Å². The maximum atomic E-state index is 5.18. The van der Waals surface area contributed by atoms with Gasteiger partial charge in [0, 0.05) is 11.6 Å². The SMILES string of the molecule is NCNc1nccs1. The predicted octanol–water partition coefficient (Wildman–Crippen LogP) is 0.471. The Balaban J connectivity index is 2.50. The largest absolute Gasteiger partial charge is 0.349 e. The fraction of sp³-hybridized carbons (Fsp3) is 0.250. The lowest BCUT2D eigenvalue weighted by atomic mass is 11.0. The van der Waals surface area contributed by atoms with Crippen LogP contribution in [-0.2, 0) is 0 Å². The van der Waals surface area contributed by atoms with Crippen molar-refractivity contribution in [2.45, 2.75) is 0 Å². The molecular weight excluding hydrogens is 122 g/mol. The molecule has 0 aliphatic heterocycles. The fourth-order valence-electron chi connectivity index (χ4n) is 0.398. The van der Waals surface area contributed by atoms with Crippen molar-refractivity contribution in [2.24, 2.45) is 5.73 Å². The summed E-state index contributed by atoms with van der Waals surface area (Å²) in [6.45, 7) is 0.452. The Labute approximate surface area is 51.5 Å². The zero-order valence-electron chi connectivity index (χ0n) is 4.29. The third-order valence-electron chi connectivity index (χ3n) is 0.686. The van der Waals surface area contributed by atoms with Crippen LogP contribution in [0.2, 0.25) is 0 Å². The number of nitrogens with one attached hydrogen (secondary N) is 1. The summed E-state index contributed by atoms with van der Waals surface area (Å²) in [5, 5.41) is 5.66. The molecular formula is C4H7N3S. The molecule has 4 heteroatoms. The lowest BCUT2D eigenvalue weighted by Gasteiger charge is -1.91. The molecule has 0 saturated heterocycles. The number of aromatic nitrogens is 1. The van der Waals surface area contributed by atoms with E-state index in [1.54, 1.807) is 17.5 Å². The van der Waals surface area contributed by atoms with E-state index >= 15 is 0 Å². The van der Waals surface area contributed by atoms with Gasteiger partial charge in [-0.05, 0) is 0 Å². The highest BCUT2D eigenvalue weighted by Crippen LogP contribution is 2.08. The van der Waals surface area contributed by atoms with Crippen LogP contribution in [0.3, 0.4) is 0 Å². The van der Waals surface area contributed by atoms with Crippen LogP contribution in [-0.4, -0.2) is 11.7 Å². The van der Waals surface area contributed by atoms with E-state index in [-0.39, 0.29) is 0 Å². The van der Waals surface area contributed by atoms with E-state index in [1.807, 2.05) is 5.38 Å². The Hall–Kier alpha value is -0.610. The summed E-state index contributed by atoms with van der Waals surface area (Å²) >= 11 is 1.55. The number of rotatable bonds is 2. The number of thiazole rings is 1. The predicted molar refractivity (Wildman–Crippen MR) is 34.8 cm³/mol. The van der Waals surface area contributed by atoms with Crippen molar-refractivity contribution >= 4 is 16.5 Å². The average Bonchev–Trinajstić information content (AvgIpc) is 2.19. The van der Waals surface area contributed by atoms with Crippen LogP contribution in [0.25, 0.3) is 0 Å². The van der Waals surface area contributed by atoms with Gasteiger partial charge in [-0.25, -0.2) is 4.98 Å². The van der Waals surface area contributed by atoms with Crippen molar-refractivity contribution in [1.82, 2.24) is 4.98 Å². The molecule has 1 aromatic heterocycles. The van der Waals surface area contributed by atoms with Gasteiger partial charge in [0.25, 0.3) is 0 Å². The molecule has 3 N–H and O–H groups in total. The highest BCUT2D eigenvalue weighted by Gasteiger charge is 1.86. The Morgan fingerprint density at radius 3 is 3.25 bits per heavy atom. The molecule has 8 heavy (non-hydrogen) atoms. The summed E-state index contributed by atoms with van der Waals surface area (Å²) in [7, 11) is 0. The van der Waals surface area contributed by atoms with Gasteiger partial charge in [-0.15, -0.1) is 11.3 Å². The minimum atomic E-state index is 0.452. The highest BCUT2D eigenvalue weighted by molar-refractivity contribution is 7.13. The van der Waals surface area contributed by atoms with Crippen molar-refractivity contribution in [2.75, 3.05) is 12.0 Å². The molecule has 1 aromatic rings. The quantitative estimate of drug-likeness (QED) is 0.571. The zero-order valence-corrected chi connectivity index (χ0v) is 5.11. The van der Waals surface area contributed by atoms with Crippen molar-refractivity contribution in [3.63, 3.8) is 0 Å². The number of nitrogens with two attached hydrogens (primary N) is 1. The molecule has 0 amide bonds. The van der Waals surface area contributed by atoms with Crippen molar-refractivity contribution in [3.8, 4) is 0 Å². The first-order valence-electron chi connectivity index (χ1n) is 2.27. The van der Waals surface area contributed by atoms with Gasteiger partial charge in [-0.1, -0.05) is 0 Å². The fourth-order valence-corrected chi connectivity index (χ4v) is 0.937. The van der Waals surface area contributed by atoms with E-state index in [0.29, 0.717) is 6.67 Å². The van der Waals surface area contributed by atoms with Crippen LogP contribution in [0.1, 0.15) is 0 Å². The zero-order chi connectivity index (χ0) is 5.82. The third kappa shape index (κ3) is 1.18. The number of anilines is 1. The van der Waals surface area contributed by atoms with E-state index in [1.165, 1.54) is 0 Å². The molecule has 0 atom stereocenters. The maximum Gasteiger partial charge on any atom is 0.183 e. The number of hydrogen-bond donors (Lipinski definition) is 2. The van der Waals surface area contributed by atoms with Gasteiger partial charge in [0.2, 0.25) is 0 Å². The van der Waals surface area contributed by atoms with E-state index in [0.717, 1.165) is 5.13 Å². The van der Waals surface area contributed by atoms with Gasteiger partial charge in [0.1, 0.15) is 0 Å².